The van der Waals surface area contributed by atoms with Gasteiger partial charge in [-0.1, -0.05) is 31.9 Å². The van der Waals surface area contributed by atoms with E-state index < -0.39 is 0 Å². The maximum absolute atomic E-state index is 2.38. The van der Waals surface area contributed by atoms with Crippen molar-refractivity contribution in [1.82, 2.24) is 0 Å². The number of hydrogen-bond donors (Lipinski definition) is 0. The van der Waals surface area contributed by atoms with Gasteiger partial charge in [0.2, 0.25) is 0 Å². The van der Waals surface area contributed by atoms with Crippen LogP contribution in [-0.4, -0.2) is 15.7 Å². The van der Waals surface area contributed by atoms with Crippen molar-refractivity contribution in [3.8, 4) is 0 Å². The van der Waals surface area contributed by atoms with Gasteiger partial charge in [-0.2, -0.15) is 0 Å². The fourth-order valence-corrected chi connectivity index (χ4v) is 2.34. The van der Waals surface area contributed by atoms with Crippen molar-refractivity contribution in [2.75, 3.05) is 0 Å². The molecule has 0 atom stereocenters. The minimum absolute atomic E-state index is 0.680. The van der Waals surface area contributed by atoms with Crippen LogP contribution in [0.4, 0.5) is 0 Å². The molecular formula is C8H18B2. The average molecular weight is 136 g/mol. The Kier molecular flexibility index (Phi) is 2.17. The summed E-state index contributed by atoms with van der Waals surface area (Å²) >= 11 is 0. The predicted molar refractivity (Wildman–Crippen MR) is 52.0 cm³/mol. The largest absolute Gasteiger partial charge is 0.0992 e. The minimum atomic E-state index is 0.680. The Bertz CT molecular complexity index is 108. The van der Waals surface area contributed by atoms with Gasteiger partial charge in [0, 0.05) is 0 Å². The molecule has 0 aliphatic heterocycles. The first kappa shape index (κ1) is 8.23. The van der Waals surface area contributed by atoms with Gasteiger partial charge in [0.15, 0.2) is 0 Å². The van der Waals surface area contributed by atoms with Gasteiger partial charge < -0.3 is 0 Å². The van der Waals surface area contributed by atoms with Crippen molar-refractivity contribution in [3.63, 3.8) is 0 Å². The van der Waals surface area contributed by atoms with E-state index in [9.17, 15) is 0 Å². The second-order valence-electron chi connectivity index (χ2n) is 5.07. The molecule has 0 nitrogen and oxygen atoms in total. The monoisotopic (exact) mass is 136 g/mol. The lowest BCUT2D eigenvalue weighted by molar-refractivity contribution is 0.240. The highest BCUT2D eigenvalue weighted by Crippen LogP contribution is 2.48. The van der Waals surface area contributed by atoms with Gasteiger partial charge >= 0.3 is 0 Å². The molecule has 0 saturated heterocycles. The first-order valence-corrected chi connectivity index (χ1v) is 4.49. The molecule has 0 bridgehead atoms. The van der Waals surface area contributed by atoms with Crippen molar-refractivity contribution in [2.24, 2.45) is 11.8 Å². The number of hydrogen-bond acceptors (Lipinski definition) is 0. The molecule has 0 radical (unpaired) electrons. The Morgan fingerprint density at radius 2 is 1.90 bits per heavy atom. The molecule has 0 N–H and O–H groups in total. The standard InChI is InChI=1S/C8H18B2/c1-6(2)3-7-4-8(9,10)5-7/h6-7H,3-5,9-10H2,1-2H3. The van der Waals surface area contributed by atoms with Crippen molar-refractivity contribution >= 4 is 15.7 Å². The molecule has 0 aromatic heterocycles. The second kappa shape index (κ2) is 2.64. The topological polar surface area (TPSA) is 0 Å². The Balaban J connectivity index is 2.15. The van der Waals surface area contributed by atoms with E-state index in [0.29, 0.717) is 5.21 Å². The summed E-state index contributed by atoms with van der Waals surface area (Å²) in [5.41, 5.74) is 0. The first-order chi connectivity index (χ1) is 4.49. The molecular weight excluding hydrogens is 118 g/mol. The normalized spacial score (nSPS) is 24.7. The lowest BCUT2D eigenvalue weighted by Crippen LogP contribution is -2.32. The third-order valence-electron chi connectivity index (χ3n) is 2.49. The maximum Gasteiger partial charge on any atom is 0.0992 e. The quantitative estimate of drug-likeness (QED) is 0.493. The lowest BCUT2D eigenvalue weighted by atomic mass is 9.40. The summed E-state index contributed by atoms with van der Waals surface area (Å²) in [6.07, 6.45) is 4.37. The fraction of sp³-hybridized carbons (Fsp3) is 1.00. The van der Waals surface area contributed by atoms with Crippen LogP contribution in [0.1, 0.15) is 33.1 Å². The minimum Gasteiger partial charge on any atom is -0.0840 e. The van der Waals surface area contributed by atoms with Gasteiger partial charge in [-0.05, 0) is 18.3 Å². The summed E-state index contributed by atoms with van der Waals surface area (Å²) in [7, 11) is 4.76. The van der Waals surface area contributed by atoms with Gasteiger partial charge in [0.1, 0.15) is 0 Å². The third kappa shape index (κ3) is 2.07. The van der Waals surface area contributed by atoms with E-state index in [-0.39, 0.29) is 0 Å². The van der Waals surface area contributed by atoms with Gasteiger partial charge in [-0.3, -0.25) is 0 Å². The van der Waals surface area contributed by atoms with Crippen LogP contribution in [-0.2, 0) is 0 Å². The summed E-state index contributed by atoms with van der Waals surface area (Å²) in [6.45, 7) is 4.65. The van der Waals surface area contributed by atoms with Crippen molar-refractivity contribution in [2.45, 2.75) is 38.3 Å². The molecule has 0 heterocycles. The lowest BCUT2D eigenvalue weighted by Gasteiger charge is -2.44. The Hall–Kier alpha value is 0.130. The molecule has 0 aromatic rings. The second-order valence-corrected chi connectivity index (χ2v) is 5.07. The van der Waals surface area contributed by atoms with Gasteiger partial charge in [0.05, 0.1) is 15.7 Å². The Morgan fingerprint density at radius 1 is 1.40 bits per heavy atom. The molecule has 1 fully saturated rings. The van der Waals surface area contributed by atoms with E-state index in [1.165, 1.54) is 19.3 Å². The van der Waals surface area contributed by atoms with E-state index >= 15 is 0 Å². The van der Waals surface area contributed by atoms with Crippen LogP contribution in [0, 0.1) is 11.8 Å². The highest BCUT2D eigenvalue weighted by atomic mass is 14.3. The molecule has 1 aliphatic carbocycles. The summed E-state index contributed by atoms with van der Waals surface area (Å²) in [4.78, 5) is 0. The zero-order valence-electron chi connectivity index (χ0n) is 7.78. The van der Waals surface area contributed by atoms with Crippen LogP contribution in [0.15, 0.2) is 0 Å². The summed E-state index contributed by atoms with van der Waals surface area (Å²) in [6, 6.07) is 0. The van der Waals surface area contributed by atoms with Crippen LogP contribution in [0.5, 0.6) is 0 Å². The van der Waals surface area contributed by atoms with Crippen LogP contribution in [0.25, 0.3) is 0 Å². The summed E-state index contributed by atoms with van der Waals surface area (Å²) < 4.78 is 0. The van der Waals surface area contributed by atoms with E-state index in [4.69, 9.17) is 0 Å². The van der Waals surface area contributed by atoms with Crippen LogP contribution >= 0.6 is 0 Å². The SMILES string of the molecule is BC1(B)CC(CC(C)C)C1. The molecule has 2 heteroatoms. The Morgan fingerprint density at radius 3 is 2.20 bits per heavy atom. The van der Waals surface area contributed by atoms with Crippen LogP contribution in [0.2, 0.25) is 5.21 Å². The molecule has 0 unspecified atom stereocenters. The average Bonchev–Trinajstić information content (AvgIpc) is 1.57. The van der Waals surface area contributed by atoms with Gasteiger partial charge in [0.25, 0.3) is 0 Å². The van der Waals surface area contributed by atoms with Crippen molar-refractivity contribution < 1.29 is 0 Å². The molecule has 56 valence electrons. The Labute approximate surface area is 66.6 Å². The van der Waals surface area contributed by atoms with E-state index in [0.717, 1.165) is 11.8 Å². The van der Waals surface area contributed by atoms with Crippen molar-refractivity contribution in [3.05, 3.63) is 0 Å². The highest BCUT2D eigenvalue weighted by Gasteiger charge is 2.35. The molecule has 10 heavy (non-hydrogen) atoms. The van der Waals surface area contributed by atoms with Gasteiger partial charge in [-0.15, -0.1) is 0 Å². The molecule has 1 aliphatic rings. The molecule has 1 rings (SSSR count). The molecule has 0 aromatic carbocycles. The van der Waals surface area contributed by atoms with Gasteiger partial charge in [-0.25, -0.2) is 0 Å². The number of rotatable bonds is 2. The van der Waals surface area contributed by atoms with E-state index in [1.807, 2.05) is 0 Å². The van der Waals surface area contributed by atoms with Crippen LogP contribution < -0.4 is 0 Å². The van der Waals surface area contributed by atoms with E-state index in [1.54, 1.807) is 0 Å². The molecule has 0 spiro atoms. The van der Waals surface area contributed by atoms with Crippen molar-refractivity contribution in [1.29, 1.82) is 0 Å². The summed E-state index contributed by atoms with van der Waals surface area (Å²) in [5, 5.41) is 0.680. The van der Waals surface area contributed by atoms with E-state index in [2.05, 4.69) is 29.5 Å². The molecule has 0 amide bonds. The summed E-state index contributed by atoms with van der Waals surface area (Å²) in [5.74, 6) is 1.95. The highest BCUT2D eigenvalue weighted by molar-refractivity contribution is 6.40. The third-order valence-corrected chi connectivity index (χ3v) is 2.49. The van der Waals surface area contributed by atoms with Crippen LogP contribution in [0.3, 0.4) is 0 Å². The molecule has 1 saturated carbocycles. The maximum atomic E-state index is 2.38. The first-order valence-electron chi connectivity index (χ1n) is 4.49. The smallest absolute Gasteiger partial charge is 0.0840 e. The zero-order chi connectivity index (χ0) is 7.78. The zero-order valence-corrected chi connectivity index (χ0v) is 7.78. The predicted octanol–water partition coefficient (Wildman–Crippen LogP) is 0.825. The fourth-order valence-electron chi connectivity index (χ4n) is 2.34.